The van der Waals surface area contributed by atoms with Crippen LogP contribution in [0.5, 0.6) is 0 Å². The first-order chi connectivity index (χ1) is 10.2. The second-order valence-corrected chi connectivity index (χ2v) is 5.89. The summed E-state index contributed by atoms with van der Waals surface area (Å²) in [5, 5.41) is 0. The second kappa shape index (κ2) is 5.36. The van der Waals surface area contributed by atoms with E-state index in [1.54, 1.807) is 6.20 Å². The van der Waals surface area contributed by atoms with Gasteiger partial charge in [0.05, 0.1) is 0 Å². The highest BCUT2D eigenvalue weighted by Crippen LogP contribution is 2.51. The Kier molecular flexibility index (Phi) is 3.54. The number of allylic oxidation sites excluding steroid dienone is 1. The van der Waals surface area contributed by atoms with Crippen LogP contribution in [0, 0.1) is 0 Å². The van der Waals surface area contributed by atoms with Gasteiger partial charge in [-0.15, -0.1) is 0 Å². The van der Waals surface area contributed by atoms with Gasteiger partial charge in [0, 0.05) is 11.8 Å². The van der Waals surface area contributed by atoms with Crippen LogP contribution in [0.25, 0.3) is 17.2 Å². The van der Waals surface area contributed by atoms with Gasteiger partial charge in [0.15, 0.2) is 0 Å². The molecular formula is C19H21NO. The summed E-state index contributed by atoms with van der Waals surface area (Å²) in [6.07, 6.45) is 9.51. The van der Waals surface area contributed by atoms with Gasteiger partial charge in [0.2, 0.25) is 0 Å². The topological polar surface area (TPSA) is 32.9 Å². The summed E-state index contributed by atoms with van der Waals surface area (Å²) in [6, 6.07) is 10.3. The summed E-state index contributed by atoms with van der Waals surface area (Å²) in [5.41, 5.74) is 4.63. The van der Waals surface area contributed by atoms with E-state index in [1.807, 2.05) is 25.1 Å². The van der Waals surface area contributed by atoms with Crippen molar-refractivity contribution in [1.82, 2.24) is 4.98 Å². The molecule has 0 aliphatic heterocycles. The number of aromatic amines is 1. The van der Waals surface area contributed by atoms with Gasteiger partial charge in [-0.25, -0.2) is 0 Å². The van der Waals surface area contributed by atoms with Crippen LogP contribution in [-0.2, 0) is 5.41 Å². The second-order valence-electron chi connectivity index (χ2n) is 5.89. The van der Waals surface area contributed by atoms with Crippen molar-refractivity contribution in [2.24, 2.45) is 0 Å². The van der Waals surface area contributed by atoms with Crippen LogP contribution in [0.2, 0.25) is 0 Å². The van der Waals surface area contributed by atoms with E-state index in [1.165, 1.54) is 24.0 Å². The third kappa shape index (κ3) is 2.58. The number of aromatic nitrogens is 1. The molecule has 2 heteroatoms. The van der Waals surface area contributed by atoms with E-state index in [0.29, 0.717) is 5.41 Å². The molecule has 2 aromatic rings. The van der Waals surface area contributed by atoms with E-state index in [0.717, 1.165) is 17.5 Å². The minimum atomic E-state index is -0.0255. The third-order valence-electron chi connectivity index (χ3n) is 4.59. The predicted octanol–water partition coefficient (Wildman–Crippen LogP) is 4.52. The highest BCUT2D eigenvalue weighted by Gasteiger charge is 2.42. The molecule has 1 saturated carbocycles. The quantitative estimate of drug-likeness (QED) is 0.877. The average Bonchev–Trinajstić information content (AvgIpc) is 3.29. The van der Waals surface area contributed by atoms with Gasteiger partial charge in [-0.2, -0.15) is 0 Å². The summed E-state index contributed by atoms with van der Waals surface area (Å²) in [5.74, 6) is 0. The number of hydrogen-bond acceptors (Lipinski definition) is 1. The van der Waals surface area contributed by atoms with Gasteiger partial charge in [-0.05, 0) is 66.5 Å². The van der Waals surface area contributed by atoms with Crippen molar-refractivity contribution in [3.63, 3.8) is 0 Å². The van der Waals surface area contributed by atoms with Crippen LogP contribution < -0.4 is 5.56 Å². The van der Waals surface area contributed by atoms with Gasteiger partial charge in [-0.3, -0.25) is 4.79 Å². The molecule has 1 N–H and O–H groups in total. The Morgan fingerprint density at radius 1 is 1.29 bits per heavy atom. The zero-order valence-corrected chi connectivity index (χ0v) is 12.6. The molecule has 108 valence electrons. The lowest BCUT2D eigenvalue weighted by Gasteiger charge is -2.16. The molecule has 3 rings (SSSR count). The highest BCUT2D eigenvalue weighted by molar-refractivity contribution is 5.68. The molecule has 2 nitrogen and oxygen atoms in total. The number of H-pyrrole nitrogens is 1. The summed E-state index contributed by atoms with van der Waals surface area (Å²) >= 11 is 0. The summed E-state index contributed by atoms with van der Waals surface area (Å²) in [4.78, 5) is 14.8. The minimum Gasteiger partial charge on any atom is -0.329 e. The lowest BCUT2D eigenvalue weighted by atomic mass is 9.89. The molecule has 1 fully saturated rings. The van der Waals surface area contributed by atoms with Crippen molar-refractivity contribution in [3.05, 3.63) is 64.1 Å². The van der Waals surface area contributed by atoms with Crippen molar-refractivity contribution in [2.45, 2.75) is 38.5 Å². The molecule has 0 spiro atoms. The summed E-state index contributed by atoms with van der Waals surface area (Å²) in [7, 11) is 0. The number of hydrogen-bond donors (Lipinski definition) is 1. The van der Waals surface area contributed by atoms with E-state index >= 15 is 0 Å². The van der Waals surface area contributed by atoms with Crippen molar-refractivity contribution in [1.29, 1.82) is 0 Å². The van der Waals surface area contributed by atoms with Crippen molar-refractivity contribution >= 4 is 6.08 Å². The number of nitrogens with one attached hydrogen (secondary N) is 1. The first kappa shape index (κ1) is 13.9. The van der Waals surface area contributed by atoms with Crippen LogP contribution in [0.15, 0.2) is 47.4 Å². The first-order valence-corrected chi connectivity index (χ1v) is 7.65. The van der Waals surface area contributed by atoms with Crippen LogP contribution in [-0.4, -0.2) is 4.98 Å². The smallest absolute Gasteiger partial charge is 0.255 e. The number of pyridine rings is 1. The molecule has 1 aromatic heterocycles. The molecule has 1 aliphatic carbocycles. The molecule has 21 heavy (non-hydrogen) atoms. The Balaban J connectivity index is 2.17. The van der Waals surface area contributed by atoms with Crippen LogP contribution in [0.4, 0.5) is 0 Å². The Morgan fingerprint density at radius 2 is 2.10 bits per heavy atom. The van der Waals surface area contributed by atoms with E-state index in [9.17, 15) is 4.79 Å². The molecule has 1 heterocycles. The lowest BCUT2D eigenvalue weighted by Crippen LogP contribution is -2.09. The van der Waals surface area contributed by atoms with Crippen LogP contribution in [0.1, 0.15) is 44.2 Å². The standard InChI is InChI=1S/C19H21NO/c1-3-6-14-11-15(17-7-5-10-20-18(17)21)13-16(12-14)19(4-2)8-9-19/h3,5-7,10-13H,4,8-9H2,1-2H3,(H,20,21). The van der Waals surface area contributed by atoms with Crippen molar-refractivity contribution in [2.75, 3.05) is 0 Å². The molecule has 0 saturated heterocycles. The zero-order valence-electron chi connectivity index (χ0n) is 12.6. The fraction of sp³-hybridized carbons (Fsp3) is 0.316. The fourth-order valence-corrected chi connectivity index (χ4v) is 3.05. The van der Waals surface area contributed by atoms with E-state index in [4.69, 9.17) is 0 Å². The SMILES string of the molecule is CC=Cc1cc(-c2ccc[nH]c2=O)cc(C2(CC)CC2)c1. The van der Waals surface area contributed by atoms with Gasteiger partial charge in [-0.1, -0.05) is 31.2 Å². The molecule has 0 atom stereocenters. The van der Waals surface area contributed by atoms with Crippen LogP contribution in [0.3, 0.4) is 0 Å². The van der Waals surface area contributed by atoms with Gasteiger partial charge in [0.25, 0.3) is 5.56 Å². The fourth-order valence-electron chi connectivity index (χ4n) is 3.05. The molecule has 0 radical (unpaired) electrons. The Bertz CT molecular complexity index is 735. The first-order valence-electron chi connectivity index (χ1n) is 7.65. The van der Waals surface area contributed by atoms with Crippen molar-refractivity contribution < 1.29 is 0 Å². The van der Waals surface area contributed by atoms with Gasteiger partial charge < -0.3 is 4.98 Å². The molecule has 1 aliphatic rings. The molecule has 0 bridgehead atoms. The normalized spacial score (nSPS) is 16.3. The van der Waals surface area contributed by atoms with Gasteiger partial charge >= 0.3 is 0 Å². The van der Waals surface area contributed by atoms with Gasteiger partial charge in [0.1, 0.15) is 0 Å². The monoisotopic (exact) mass is 279 g/mol. The maximum absolute atomic E-state index is 12.1. The molecule has 0 unspecified atom stereocenters. The Labute approximate surface area is 125 Å². The van der Waals surface area contributed by atoms with E-state index < -0.39 is 0 Å². The predicted molar refractivity (Wildman–Crippen MR) is 88.4 cm³/mol. The minimum absolute atomic E-state index is 0.0255. The maximum Gasteiger partial charge on any atom is 0.255 e. The molecule has 0 amide bonds. The molecule has 1 aromatic carbocycles. The molecular weight excluding hydrogens is 258 g/mol. The van der Waals surface area contributed by atoms with E-state index in [-0.39, 0.29) is 5.56 Å². The third-order valence-corrected chi connectivity index (χ3v) is 4.59. The zero-order chi connectivity index (χ0) is 14.9. The Hall–Kier alpha value is -2.09. The largest absolute Gasteiger partial charge is 0.329 e. The summed E-state index contributed by atoms with van der Waals surface area (Å²) in [6.45, 7) is 4.28. The number of rotatable bonds is 4. The summed E-state index contributed by atoms with van der Waals surface area (Å²) < 4.78 is 0. The lowest BCUT2D eigenvalue weighted by molar-refractivity contribution is 0.664. The van der Waals surface area contributed by atoms with E-state index in [2.05, 4.69) is 36.2 Å². The number of benzene rings is 1. The maximum atomic E-state index is 12.1. The average molecular weight is 279 g/mol. The van der Waals surface area contributed by atoms with Crippen molar-refractivity contribution in [3.8, 4) is 11.1 Å². The Morgan fingerprint density at radius 3 is 2.71 bits per heavy atom. The van der Waals surface area contributed by atoms with Crippen LogP contribution >= 0.6 is 0 Å². The highest BCUT2D eigenvalue weighted by atomic mass is 16.1.